The minimum absolute atomic E-state index is 0.204. The average molecular weight is 220 g/mol. The SMILES string of the molecule is C=Cc1n(C=C)cc[n+]1C.O=C1CCCN1. The first-order chi connectivity index (χ1) is 7.69. The lowest BCUT2D eigenvalue weighted by Gasteiger charge is -1.87. The van der Waals surface area contributed by atoms with Crippen molar-refractivity contribution in [1.29, 1.82) is 0 Å². The minimum atomic E-state index is 0.204. The van der Waals surface area contributed by atoms with E-state index in [-0.39, 0.29) is 5.91 Å². The van der Waals surface area contributed by atoms with E-state index in [1.807, 2.05) is 28.6 Å². The van der Waals surface area contributed by atoms with Gasteiger partial charge in [0, 0.05) is 19.0 Å². The molecule has 1 fully saturated rings. The number of aryl methyl sites for hydroxylation is 1. The van der Waals surface area contributed by atoms with Crippen molar-refractivity contribution in [1.82, 2.24) is 9.88 Å². The van der Waals surface area contributed by atoms with Gasteiger partial charge >= 0.3 is 0 Å². The predicted octanol–water partition coefficient (Wildman–Crippen LogP) is 0.952. The molecule has 2 rings (SSSR count). The Kier molecular flexibility index (Phi) is 4.51. The number of nitrogens with zero attached hydrogens (tertiary/aromatic N) is 2. The average Bonchev–Trinajstić information content (AvgIpc) is 2.88. The van der Waals surface area contributed by atoms with Gasteiger partial charge < -0.3 is 5.32 Å². The number of nitrogens with one attached hydrogen (secondary N) is 1. The molecule has 0 aliphatic carbocycles. The maximum absolute atomic E-state index is 10.1. The van der Waals surface area contributed by atoms with Crippen molar-refractivity contribution in [2.24, 2.45) is 7.05 Å². The largest absolute Gasteiger partial charge is 0.356 e. The van der Waals surface area contributed by atoms with Crippen LogP contribution in [0, 0.1) is 0 Å². The molecule has 1 amide bonds. The summed E-state index contributed by atoms with van der Waals surface area (Å²) >= 11 is 0. The molecular weight excluding hydrogens is 202 g/mol. The van der Waals surface area contributed by atoms with Crippen LogP contribution in [0.15, 0.2) is 25.6 Å². The minimum Gasteiger partial charge on any atom is -0.356 e. The highest BCUT2D eigenvalue weighted by molar-refractivity contribution is 5.77. The van der Waals surface area contributed by atoms with Crippen LogP contribution in [0.3, 0.4) is 0 Å². The van der Waals surface area contributed by atoms with Crippen molar-refractivity contribution in [3.8, 4) is 0 Å². The molecule has 4 nitrogen and oxygen atoms in total. The number of carbonyl (C=O) groups is 1. The standard InChI is InChI=1S/C8H11N2.C4H7NO/c1-4-8-9(3)6-7-10(8)5-2;6-4-2-1-3-5-4/h4-7H,1-2H2,3H3;1-3H2,(H,5,6)/q+1;. The van der Waals surface area contributed by atoms with Gasteiger partial charge in [-0.05, 0) is 6.42 Å². The van der Waals surface area contributed by atoms with Crippen molar-refractivity contribution in [2.45, 2.75) is 12.8 Å². The summed E-state index contributed by atoms with van der Waals surface area (Å²) in [6.45, 7) is 8.23. The molecule has 1 aromatic heterocycles. The highest BCUT2D eigenvalue weighted by Crippen LogP contribution is 1.95. The molecule has 0 bridgehead atoms. The molecule has 4 heteroatoms. The first kappa shape index (κ1) is 12.2. The lowest BCUT2D eigenvalue weighted by atomic mass is 10.4. The number of hydrogen-bond donors (Lipinski definition) is 1. The second-order valence-electron chi connectivity index (χ2n) is 3.51. The van der Waals surface area contributed by atoms with Gasteiger partial charge in [0.15, 0.2) is 0 Å². The summed E-state index contributed by atoms with van der Waals surface area (Å²) in [5.74, 6) is 1.24. The maximum atomic E-state index is 10.1. The molecule has 16 heavy (non-hydrogen) atoms. The first-order valence-electron chi connectivity index (χ1n) is 5.27. The molecule has 0 aromatic carbocycles. The Morgan fingerprint density at radius 2 is 2.31 bits per heavy atom. The molecule has 1 aliphatic rings. The Balaban J connectivity index is 0.000000181. The van der Waals surface area contributed by atoms with E-state index in [9.17, 15) is 4.79 Å². The third-order valence-corrected chi connectivity index (χ3v) is 2.36. The molecule has 1 saturated heterocycles. The third-order valence-electron chi connectivity index (χ3n) is 2.36. The summed E-state index contributed by atoms with van der Waals surface area (Å²) in [7, 11) is 1.97. The Bertz CT molecular complexity index is 385. The molecule has 0 radical (unpaired) electrons. The number of aromatic nitrogens is 2. The van der Waals surface area contributed by atoms with Crippen molar-refractivity contribution in [3.05, 3.63) is 31.4 Å². The second kappa shape index (κ2) is 5.90. The van der Waals surface area contributed by atoms with E-state index in [0.29, 0.717) is 0 Å². The van der Waals surface area contributed by atoms with E-state index >= 15 is 0 Å². The van der Waals surface area contributed by atoms with Crippen LogP contribution in [0.1, 0.15) is 18.7 Å². The van der Waals surface area contributed by atoms with Crippen molar-refractivity contribution in [3.63, 3.8) is 0 Å². The molecule has 1 N–H and O–H groups in total. The third kappa shape index (κ3) is 3.08. The number of imidazole rings is 1. The van der Waals surface area contributed by atoms with Crippen molar-refractivity contribution >= 4 is 18.2 Å². The normalized spacial score (nSPS) is 13.7. The zero-order valence-electron chi connectivity index (χ0n) is 9.65. The molecule has 2 heterocycles. The Morgan fingerprint density at radius 1 is 1.56 bits per heavy atom. The van der Waals surface area contributed by atoms with E-state index in [4.69, 9.17) is 0 Å². The topological polar surface area (TPSA) is 37.9 Å². The van der Waals surface area contributed by atoms with Gasteiger partial charge in [0.25, 0.3) is 5.82 Å². The summed E-state index contributed by atoms with van der Waals surface area (Å²) in [5.41, 5.74) is 0. The number of carbonyl (C=O) groups excluding carboxylic acids is 1. The number of amides is 1. The van der Waals surface area contributed by atoms with Gasteiger partial charge in [0.2, 0.25) is 5.91 Å². The summed E-state index contributed by atoms with van der Waals surface area (Å²) in [6, 6.07) is 0. The van der Waals surface area contributed by atoms with Crippen LogP contribution >= 0.6 is 0 Å². The lowest BCUT2D eigenvalue weighted by molar-refractivity contribution is -0.672. The Morgan fingerprint density at radius 3 is 2.62 bits per heavy atom. The van der Waals surface area contributed by atoms with Crippen molar-refractivity contribution < 1.29 is 9.36 Å². The molecule has 86 valence electrons. The lowest BCUT2D eigenvalue weighted by Crippen LogP contribution is -2.29. The van der Waals surface area contributed by atoms with Crippen LogP contribution in [-0.4, -0.2) is 17.0 Å². The molecule has 0 saturated carbocycles. The zero-order chi connectivity index (χ0) is 12.0. The van der Waals surface area contributed by atoms with Crippen molar-refractivity contribution in [2.75, 3.05) is 6.54 Å². The van der Waals surface area contributed by atoms with E-state index in [0.717, 1.165) is 25.2 Å². The predicted molar refractivity (Wildman–Crippen MR) is 64.3 cm³/mol. The molecule has 0 atom stereocenters. The molecule has 1 aliphatic heterocycles. The Hall–Kier alpha value is -1.84. The quantitative estimate of drug-likeness (QED) is 0.740. The van der Waals surface area contributed by atoms with E-state index in [1.54, 1.807) is 12.3 Å². The summed E-state index contributed by atoms with van der Waals surface area (Å²) in [4.78, 5) is 10.1. The highest BCUT2D eigenvalue weighted by atomic mass is 16.1. The first-order valence-corrected chi connectivity index (χ1v) is 5.27. The van der Waals surface area contributed by atoms with Crippen LogP contribution in [-0.2, 0) is 11.8 Å². The second-order valence-corrected chi connectivity index (χ2v) is 3.51. The fraction of sp³-hybridized carbons (Fsp3) is 0.333. The van der Waals surface area contributed by atoms with Crippen LogP contribution < -0.4 is 9.88 Å². The van der Waals surface area contributed by atoms with Gasteiger partial charge in [-0.3, -0.25) is 4.79 Å². The number of hydrogen-bond acceptors (Lipinski definition) is 1. The highest BCUT2D eigenvalue weighted by Gasteiger charge is 2.06. The van der Waals surface area contributed by atoms with Crippen LogP contribution in [0.25, 0.3) is 12.3 Å². The van der Waals surface area contributed by atoms with E-state index < -0.39 is 0 Å². The van der Waals surface area contributed by atoms with E-state index in [1.165, 1.54) is 0 Å². The Labute approximate surface area is 95.9 Å². The van der Waals surface area contributed by atoms with Gasteiger partial charge in [-0.2, -0.15) is 0 Å². The van der Waals surface area contributed by atoms with Crippen LogP contribution in [0.5, 0.6) is 0 Å². The van der Waals surface area contributed by atoms with Gasteiger partial charge in [-0.15, -0.1) is 0 Å². The zero-order valence-corrected chi connectivity index (χ0v) is 9.65. The molecule has 0 spiro atoms. The monoisotopic (exact) mass is 220 g/mol. The van der Waals surface area contributed by atoms with Gasteiger partial charge in [0.1, 0.15) is 12.4 Å². The molecular formula is C12H18N3O+. The van der Waals surface area contributed by atoms with Crippen LogP contribution in [0.4, 0.5) is 0 Å². The van der Waals surface area contributed by atoms with Gasteiger partial charge in [-0.25, -0.2) is 9.13 Å². The summed E-state index contributed by atoms with van der Waals surface area (Å²) < 4.78 is 3.89. The summed E-state index contributed by atoms with van der Waals surface area (Å²) in [5, 5.41) is 2.68. The fourth-order valence-electron chi connectivity index (χ4n) is 1.48. The number of rotatable bonds is 2. The smallest absolute Gasteiger partial charge is 0.285 e. The maximum Gasteiger partial charge on any atom is 0.285 e. The van der Waals surface area contributed by atoms with Crippen LogP contribution in [0.2, 0.25) is 0 Å². The fourth-order valence-corrected chi connectivity index (χ4v) is 1.48. The molecule has 0 unspecified atom stereocenters. The molecule has 1 aromatic rings. The van der Waals surface area contributed by atoms with Gasteiger partial charge in [0.05, 0.1) is 13.2 Å². The van der Waals surface area contributed by atoms with Gasteiger partial charge in [-0.1, -0.05) is 13.2 Å². The van der Waals surface area contributed by atoms with E-state index in [2.05, 4.69) is 18.5 Å². The summed E-state index contributed by atoms with van der Waals surface area (Å²) in [6.07, 6.45) is 9.19.